The molecule has 0 bridgehead atoms. The minimum Gasteiger partial charge on any atom is -0.370 e. The van der Waals surface area contributed by atoms with Gasteiger partial charge in [0.1, 0.15) is 5.75 Å². The van der Waals surface area contributed by atoms with Crippen LogP contribution in [0.25, 0.3) is 0 Å². The number of sulfone groups is 1. The number of rotatable bonds is 5. The second-order valence-electron chi connectivity index (χ2n) is 5.65. The highest BCUT2D eigenvalue weighted by Crippen LogP contribution is 2.21. The fraction of sp³-hybridized carbons (Fsp3) is 0.615. The molecule has 0 spiro atoms. The molecule has 122 valence electrons. The molecule has 0 saturated carbocycles. The minimum absolute atomic E-state index is 0.164. The predicted molar refractivity (Wildman–Crippen MR) is 82.5 cm³/mol. The van der Waals surface area contributed by atoms with Gasteiger partial charge in [-0.1, -0.05) is 0 Å². The van der Waals surface area contributed by atoms with Crippen LogP contribution < -0.4 is 15.8 Å². The lowest BCUT2D eigenvalue weighted by molar-refractivity contribution is -0.118. The molecule has 1 aromatic heterocycles. The van der Waals surface area contributed by atoms with Crippen LogP contribution >= 0.6 is 0 Å². The zero-order chi connectivity index (χ0) is 16.3. The van der Waals surface area contributed by atoms with Gasteiger partial charge >= 0.3 is 0 Å². The molecular weight excluding hydrogens is 308 g/mol. The minimum atomic E-state index is -3.30. The van der Waals surface area contributed by atoms with Gasteiger partial charge < -0.3 is 10.2 Å². The van der Waals surface area contributed by atoms with Gasteiger partial charge in [0.15, 0.2) is 9.84 Å². The molecule has 0 aliphatic carbocycles. The largest absolute Gasteiger partial charge is 0.370 e. The number of aromatic nitrogens is 2. The summed E-state index contributed by atoms with van der Waals surface area (Å²) in [6, 6.07) is 1.54. The molecule has 1 aliphatic heterocycles. The Hall–Kier alpha value is -1.90. The Morgan fingerprint density at radius 3 is 2.86 bits per heavy atom. The van der Waals surface area contributed by atoms with Gasteiger partial charge in [-0.05, 0) is 12.3 Å². The standard InChI is InChI=1S/C13H20N4O4S/c1-16-13(19)5-11(7-15-16)17-4-3-10(8-17)6-14-12(18)9-22(2,20)21/h5,7,10H,3-4,6,8-9H2,1-2H3,(H,14,18)/t10-/m0/s1. The van der Waals surface area contributed by atoms with E-state index in [4.69, 9.17) is 0 Å². The van der Waals surface area contributed by atoms with Crippen molar-refractivity contribution < 1.29 is 13.2 Å². The van der Waals surface area contributed by atoms with Crippen LogP contribution in [0.3, 0.4) is 0 Å². The van der Waals surface area contributed by atoms with E-state index >= 15 is 0 Å². The number of nitrogens with one attached hydrogen (secondary N) is 1. The van der Waals surface area contributed by atoms with E-state index in [-0.39, 0.29) is 11.5 Å². The van der Waals surface area contributed by atoms with Crippen LogP contribution in [0.2, 0.25) is 0 Å². The fourth-order valence-electron chi connectivity index (χ4n) is 2.41. The van der Waals surface area contributed by atoms with Crippen molar-refractivity contribution in [3.63, 3.8) is 0 Å². The first kappa shape index (κ1) is 16.5. The third-order valence-electron chi connectivity index (χ3n) is 3.59. The van der Waals surface area contributed by atoms with Crippen LogP contribution in [0.15, 0.2) is 17.1 Å². The van der Waals surface area contributed by atoms with Gasteiger partial charge in [0, 0.05) is 39.0 Å². The number of aryl methyl sites for hydroxylation is 1. The molecular formula is C13H20N4O4S. The first-order chi connectivity index (χ1) is 10.2. The van der Waals surface area contributed by atoms with Crippen LogP contribution in [0.5, 0.6) is 0 Å². The highest BCUT2D eigenvalue weighted by atomic mass is 32.2. The summed E-state index contributed by atoms with van der Waals surface area (Å²) in [5.41, 5.74) is 0.607. The van der Waals surface area contributed by atoms with Crippen LogP contribution in [0.1, 0.15) is 6.42 Å². The number of amides is 1. The van der Waals surface area contributed by atoms with Crippen molar-refractivity contribution in [3.8, 4) is 0 Å². The van der Waals surface area contributed by atoms with Crippen molar-refractivity contribution in [2.45, 2.75) is 6.42 Å². The maximum absolute atomic E-state index is 11.6. The second kappa shape index (κ2) is 6.47. The Morgan fingerprint density at radius 1 is 1.50 bits per heavy atom. The van der Waals surface area contributed by atoms with E-state index in [1.165, 1.54) is 10.7 Å². The molecule has 1 fully saturated rings. The number of carbonyl (C=O) groups excluding carboxylic acids is 1. The van der Waals surface area contributed by atoms with Crippen molar-refractivity contribution in [1.82, 2.24) is 15.1 Å². The molecule has 2 heterocycles. The molecule has 0 unspecified atom stereocenters. The van der Waals surface area contributed by atoms with Gasteiger partial charge in [-0.3, -0.25) is 9.59 Å². The van der Waals surface area contributed by atoms with Crippen molar-refractivity contribution in [3.05, 3.63) is 22.6 Å². The molecule has 2 rings (SSSR count). The number of carbonyl (C=O) groups is 1. The number of hydrogen-bond donors (Lipinski definition) is 1. The second-order valence-corrected chi connectivity index (χ2v) is 7.79. The quantitative estimate of drug-likeness (QED) is 0.726. The average molecular weight is 328 g/mol. The Bertz CT molecular complexity index is 713. The van der Waals surface area contributed by atoms with Gasteiger partial charge in [0.25, 0.3) is 5.56 Å². The molecule has 1 aliphatic rings. The van der Waals surface area contributed by atoms with Gasteiger partial charge in [0.2, 0.25) is 5.91 Å². The Balaban J connectivity index is 1.86. The Morgan fingerprint density at radius 2 is 2.23 bits per heavy atom. The monoisotopic (exact) mass is 328 g/mol. The molecule has 1 N–H and O–H groups in total. The molecule has 8 nitrogen and oxygen atoms in total. The summed E-state index contributed by atoms with van der Waals surface area (Å²) in [5.74, 6) is -0.731. The zero-order valence-electron chi connectivity index (χ0n) is 12.7. The van der Waals surface area contributed by atoms with Gasteiger partial charge in [-0.2, -0.15) is 5.10 Å². The van der Waals surface area contributed by atoms with Crippen molar-refractivity contribution in [1.29, 1.82) is 0 Å². The normalized spacial score (nSPS) is 18.5. The number of anilines is 1. The van der Waals surface area contributed by atoms with Crippen molar-refractivity contribution >= 4 is 21.4 Å². The van der Waals surface area contributed by atoms with Crippen LogP contribution in [-0.2, 0) is 21.7 Å². The number of hydrogen-bond acceptors (Lipinski definition) is 6. The molecule has 0 aromatic carbocycles. The van der Waals surface area contributed by atoms with Crippen LogP contribution in [0.4, 0.5) is 5.69 Å². The van der Waals surface area contributed by atoms with E-state index in [9.17, 15) is 18.0 Å². The van der Waals surface area contributed by atoms with Crippen molar-refractivity contribution in [2.75, 3.05) is 36.5 Å². The predicted octanol–water partition coefficient (Wildman–Crippen LogP) is -1.23. The molecule has 1 atom stereocenters. The Labute approximate surface area is 129 Å². The lowest BCUT2D eigenvalue weighted by atomic mass is 10.1. The SMILES string of the molecule is Cn1ncc(N2CC[C@@H](CNC(=O)CS(C)(=O)=O)C2)cc1=O. The third-order valence-corrected chi connectivity index (χ3v) is 4.37. The number of nitrogens with zero attached hydrogens (tertiary/aromatic N) is 3. The maximum Gasteiger partial charge on any atom is 0.268 e. The van der Waals surface area contributed by atoms with E-state index in [0.29, 0.717) is 13.1 Å². The fourth-order valence-corrected chi connectivity index (χ4v) is 2.99. The average Bonchev–Trinajstić information content (AvgIpc) is 2.86. The summed E-state index contributed by atoms with van der Waals surface area (Å²) >= 11 is 0. The summed E-state index contributed by atoms with van der Waals surface area (Å²) < 4.78 is 23.3. The smallest absolute Gasteiger partial charge is 0.268 e. The van der Waals surface area contributed by atoms with E-state index in [1.807, 2.05) is 4.90 Å². The molecule has 1 amide bonds. The molecule has 22 heavy (non-hydrogen) atoms. The van der Waals surface area contributed by atoms with Gasteiger partial charge in [0.05, 0.1) is 11.9 Å². The molecule has 0 radical (unpaired) electrons. The van der Waals surface area contributed by atoms with E-state index in [2.05, 4.69) is 10.4 Å². The lowest BCUT2D eigenvalue weighted by Crippen LogP contribution is -2.34. The summed E-state index contributed by atoms with van der Waals surface area (Å²) in [5, 5.41) is 6.64. The summed E-state index contributed by atoms with van der Waals surface area (Å²) in [7, 11) is -1.71. The first-order valence-corrected chi connectivity index (χ1v) is 9.03. The van der Waals surface area contributed by atoms with Crippen LogP contribution in [0, 0.1) is 5.92 Å². The maximum atomic E-state index is 11.6. The van der Waals surface area contributed by atoms with E-state index < -0.39 is 21.5 Å². The van der Waals surface area contributed by atoms with Gasteiger partial charge in [-0.25, -0.2) is 13.1 Å². The molecule has 1 aromatic rings. The molecule has 1 saturated heterocycles. The molecule has 9 heteroatoms. The third kappa shape index (κ3) is 4.55. The first-order valence-electron chi connectivity index (χ1n) is 6.97. The highest BCUT2D eigenvalue weighted by molar-refractivity contribution is 7.91. The highest BCUT2D eigenvalue weighted by Gasteiger charge is 2.24. The van der Waals surface area contributed by atoms with Crippen molar-refractivity contribution in [2.24, 2.45) is 13.0 Å². The van der Waals surface area contributed by atoms with E-state index in [1.54, 1.807) is 13.2 Å². The van der Waals surface area contributed by atoms with Crippen LogP contribution in [-0.4, -0.2) is 55.7 Å². The van der Waals surface area contributed by atoms with Gasteiger partial charge in [-0.15, -0.1) is 0 Å². The summed E-state index contributed by atoms with van der Waals surface area (Å²) in [4.78, 5) is 25.1. The van der Waals surface area contributed by atoms with E-state index in [0.717, 1.165) is 24.9 Å². The lowest BCUT2D eigenvalue weighted by Gasteiger charge is -2.18. The summed E-state index contributed by atoms with van der Waals surface area (Å²) in [6.07, 6.45) is 3.55. The Kier molecular flexibility index (Phi) is 4.84. The summed E-state index contributed by atoms with van der Waals surface area (Å²) in [6.45, 7) is 1.92. The zero-order valence-corrected chi connectivity index (χ0v) is 13.5. The topological polar surface area (TPSA) is 101 Å².